The molecule has 3 aromatic heterocycles. The molecule has 2 aliphatic rings. The lowest BCUT2D eigenvalue weighted by Gasteiger charge is -2.26. The number of hydrogen-bond acceptors (Lipinski definition) is 5. The van der Waals surface area contributed by atoms with Crippen LogP contribution >= 0.6 is 11.3 Å². The van der Waals surface area contributed by atoms with Gasteiger partial charge in [-0.05, 0) is 23.3 Å². The quantitative estimate of drug-likeness (QED) is 0.392. The molecule has 4 heterocycles. The molecule has 0 amide bonds. The Hall–Kier alpha value is -3.26. The van der Waals surface area contributed by atoms with Gasteiger partial charge in [0.25, 0.3) is 0 Å². The molecule has 0 radical (unpaired) electrons. The summed E-state index contributed by atoms with van der Waals surface area (Å²) in [7, 11) is 1.98. The van der Waals surface area contributed by atoms with Gasteiger partial charge in [-0.3, -0.25) is 14.7 Å². The highest BCUT2D eigenvalue weighted by Gasteiger charge is 2.28. The van der Waals surface area contributed by atoms with Gasteiger partial charge >= 0.3 is 0 Å². The van der Waals surface area contributed by atoms with E-state index in [1.165, 1.54) is 37.7 Å². The van der Waals surface area contributed by atoms with Crippen LogP contribution in [0.25, 0.3) is 43.9 Å². The van der Waals surface area contributed by atoms with Crippen LogP contribution in [0.2, 0.25) is 0 Å². The fourth-order valence-electron chi connectivity index (χ4n) is 5.16. The lowest BCUT2D eigenvalue weighted by atomic mass is 10.0. The van der Waals surface area contributed by atoms with Crippen molar-refractivity contribution in [1.29, 1.82) is 0 Å². The van der Waals surface area contributed by atoms with Crippen LogP contribution in [0.1, 0.15) is 16.0 Å². The van der Waals surface area contributed by atoms with E-state index in [0.717, 1.165) is 61.4 Å². The number of fused-ring (bicyclic) bond motifs is 4. The number of nitrogens with zero attached hydrogens (tertiary/aromatic N) is 4. The molecule has 1 aliphatic carbocycles. The zero-order valence-corrected chi connectivity index (χ0v) is 19.9. The van der Waals surface area contributed by atoms with Gasteiger partial charge in [0.1, 0.15) is 0 Å². The van der Waals surface area contributed by atoms with E-state index in [4.69, 9.17) is 9.84 Å². The second-order valence-corrected chi connectivity index (χ2v) is 10.3. The number of H-pyrrole nitrogens is 1. The Morgan fingerprint density at radius 1 is 1.03 bits per heavy atom. The molecule has 0 atom stereocenters. The van der Waals surface area contributed by atoms with Crippen molar-refractivity contribution in [1.82, 2.24) is 24.9 Å². The Kier molecular flexibility index (Phi) is 4.68. The summed E-state index contributed by atoms with van der Waals surface area (Å²) in [6.45, 7) is 4.71. The molecule has 34 heavy (non-hydrogen) atoms. The highest BCUT2D eigenvalue weighted by molar-refractivity contribution is 7.16. The second kappa shape index (κ2) is 7.91. The van der Waals surface area contributed by atoms with Crippen LogP contribution < -0.4 is 0 Å². The highest BCUT2D eigenvalue weighted by Crippen LogP contribution is 2.46. The van der Waals surface area contributed by atoms with E-state index >= 15 is 0 Å². The first-order valence-electron chi connectivity index (χ1n) is 11.7. The number of rotatable bonds is 4. The fourth-order valence-corrected chi connectivity index (χ4v) is 6.34. The van der Waals surface area contributed by atoms with Gasteiger partial charge in [0, 0.05) is 64.9 Å². The number of nitrogens with one attached hydrogen (secondary N) is 1. The van der Waals surface area contributed by atoms with Gasteiger partial charge in [0.05, 0.1) is 36.3 Å². The maximum absolute atomic E-state index is 5.46. The van der Waals surface area contributed by atoms with Crippen LogP contribution in [-0.4, -0.2) is 51.2 Å². The van der Waals surface area contributed by atoms with E-state index in [1.54, 1.807) is 0 Å². The van der Waals surface area contributed by atoms with Crippen molar-refractivity contribution in [3.63, 3.8) is 0 Å². The second-order valence-electron chi connectivity index (χ2n) is 9.18. The lowest BCUT2D eigenvalue weighted by Crippen LogP contribution is -2.35. The molecule has 0 bridgehead atoms. The maximum atomic E-state index is 5.46. The highest BCUT2D eigenvalue weighted by atomic mass is 32.1. The topological polar surface area (TPSA) is 59.0 Å². The van der Waals surface area contributed by atoms with E-state index in [2.05, 4.69) is 63.6 Å². The first-order valence-corrected chi connectivity index (χ1v) is 12.6. The van der Waals surface area contributed by atoms with E-state index < -0.39 is 0 Å². The van der Waals surface area contributed by atoms with Crippen LogP contribution in [0, 0.1) is 0 Å². The first-order chi connectivity index (χ1) is 16.7. The molecule has 1 N–H and O–H groups in total. The van der Waals surface area contributed by atoms with Crippen molar-refractivity contribution in [2.45, 2.75) is 13.0 Å². The summed E-state index contributed by atoms with van der Waals surface area (Å²) in [5.41, 5.74) is 9.73. The van der Waals surface area contributed by atoms with Gasteiger partial charge in [0.2, 0.25) is 0 Å². The zero-order chi connectivity index (χ0) is 22.6. The normalized spacial score (nSPS) is 15.7. The minimum atomic E-state index is 0.841. The van der Waals surface area contributed by atoms with Gasteiger partial charge in [-0.25, -0.2) is 0 Å². The van der Waals surface area contributed by atoms with Crippen molar-refractivity contribution in [2.75, 3.05) is 26.3 Å². The number of thiophene rings is 1. The number of ether oxygens (including phenoxy) is 1. The van der Waals surface area contributed by atoms with Crippen molar-refractivity contribution in [3.8, 4) is 33.0 Å². The molecule has 6 nitrogen and oxygen atoms in total. The minimum Gasteiger partial charge on any atom is -0.379 e. The van der Waals surface area contributed by atoms with E-state index in [9.17, 15) is 0 Å². The van der Waals surface area contributed by atoms with Crippen molar-refractivity contribution < 1.29 is 4.74 Å². The number of aromatic amines is 1. The average molecular weight is 468 g/mol. The smallest absolute Gasteiger partial charge is 0.0963 e. The molecule has 7 heteroatoms. The summed E-state index contributed by atoms with van der Waals surface area (Å²) in [4.78, 5) is 5.20. The molecular weight excluding hydrogens is 442 g/mol. The molecule has 1 saturated heterocycles. The molecule has 5 aromatic rings. The number of benzene rings is 2. The predicted molar refractivity (Wildman–Crippen MR) is 136 cm³/mol. The molecule has 0 unspecified atom stereocenters. The van der Waals surface area contributed by atoms with Gasteiger partial charge in [-0.2, -0.15) is 10.2 Å². The van der Waals surface area contributed by atoms with Gasteiger partial charge in [-0.1, -0.05) is 36.4 Å². The first kappa shape index (κ1) is 20.1. The van der Waals surface area contributed by atoms with Crippen LogP contribution in [0.3, 0.4) is 0 Å². The summed E-state index contributed by atoms with van der Waals surface area (Å²) in [6.07, 6.45) is 2.84. The molecule has 0 saturated carbocycles. The lowest BCUT2D eigenvalue weighted by molar-refractivity contribution is 0.0342. The summed E-state index contributed by atoms with van der Waals surface area (Å²) in [6, 6.07) is 17.9. The van der Waals surface area contributed by atoms with Crippen LogP contribution in [-0.2, 0) is 24.8 Å². The van der Waals surface area contributed by atoms with Gasteiger partial charge < -0.3 is 4.74 Å². The van der Waals surface area contributed by atoms with E-state index in [0.29, 0.717) is 0 Å². The third-order valence-corrected chi connectivity index (χ3v) is 8.24. The molecule has 1 fully saturated rings. The van der Waals surface area contributed by atoms with E-state index in [1.807, 2.05) is 29.3 Å². The third kappa shape index (κ3) is 3.31. The number of aryl methyl sites for hydroxylation is 1. The standard InChI is InChI=1S/C27H25N5OS/c1-31-23-12-19(6-7-20(23)15-28-31)26-22-14-25-21(27(22)30-29-26)13-24(34-25)18-4-2-17(3-5-18)16-32-8-10-33-11-9-32/h2-7,12-13,15H,8-11,14,16H2,1H3,(H,29,30). The Bertz CT molecular complexity index is 1500. The maximum Gasteiger partial charge on any atom is 0.0963 e. The average Bonchev–Trinajstić information content (AvgIpc) is 3.62. The predicted octanol–water partition coefficient (Wildman–Crippen LogP) is 5.10. The van der Waals surface area contributed by atoms with Crippen LogP contribution in [0.15, 0.2) is 54.7 Å². The molecule has 0 spiro atoms. The number of morpholine rings is 1. The Morgan fingerprint density at radius 3 is 2.71 bits per heavy atom. The number of hydrogen-bond donors (Lipinski definition) is 1. The number of aromatic nitrogens is 4. The van der Waals surface area contributed by atoms with Crippen molar-refractivity contribution in [2.24, 2.45) is 7.05 Å². The molecule has 2 aromatic carbocycles. The Labute approximate surface area is 201 Å². The zero-order valence-electron chi connectivity index (χ0n) is 19.0. The molecular formula is C27H25N5OS. The minimum absolute atomic E-state index is 0.841. The summed E-state index contributed by atoms with van der Waals surface area (Å²) in [5.74, 6) is 0. The van der Waals surface area contributed by atoms with Gasteiger partial charge in [-0.15, -0.1) is 11.3 Å². The summed E-state index contributed by atoms with van der Waals surface area (Å²) >= 11 is 1.90. The summed E-state index contributed by atoms with van der Waals surface area (Å²) in [5, 5.41) is 13.6. The summed E-state index contributed by atoms with van der Waals surface area (Å²) < 4.78 is 7.38. The van der Waals surface area contributed by atoms with Crippen molar-refractivity contribution >= 4 is 22.2 Å². The van der Waals surface area contributed by atoms with E-state index in [-0.39, 0.29) is 0 Å². The van der Waals surface area contributed by atoms with Crippen LogP contribution in [0.4, 0.5) is 0 Å². The molecule has 170 valence electrons. The van der Waals surface area contributed by atoms with Crippen LogP contribution in [0.5, 0.6) is 0 Å². The Morgan fingerprint density at radius 2 is 1.85 bits per heavy atom. The Balaban J connectivity index is 1.15. The third-order valence-electron chi connectivity index (χ3n) is 7.05. The SMILES string of the molecule is Cn1ncc2ccc(-c3n[nH]c4c3Cc3sc(-c5ccc(CN6CCOCC6)cc5)cc3-4)cc21. The fraction of sp³-hybridized carbons (Fsp3) is 0.259. The van der Waals surface area contributed by atoms with Gasteiger partial charge in [0.15, 0.2) is 0 Å². The molecule has 7 rings (SSSR count). The van der Waals surface area contributed by atoms with Crippen molar-refractivity contribution in [3.05, 3.63) is 70.7 Å². The molecule has 1 aliphatic heterocycles. The largest absolute Gasteiger partial charge is 0.379 e. The monoisotopic (exact) mass is 467 g/mol.